The van der Waals surface area contributed by atoms with E-state index in [1.54, 1.807) is 11.9 Å². The minimum atomic E-state index is -4.68. The van der Waals surface area contributed by atoms with Crippen molar-refractivity contribution in [2.75, 3.05) is 74.9 Å². The van der Waals surface area contributed by atoms with E-state index in [0.717, 1.165) is 26.2 Å². The Kier molecular flexibility index (Phi) is 8.44. The molecule has 2 fully saturated rings. The van der Waals surface area contributed by atoms with Crippen LogP contribution >= 0.6 is 0 Å². The summed E-state index contributed by atoms with van der Waals surface area (Å²) in [6.07, 6.45) is -3.64. The van der Waals surface area contributed by atoms with E-state index in [-0.39, 0.29) is 36.7 Å². The van der Waals surface area contributed by atoms with Crippen LogP contribution in [0, 0.1) is 12.8 Å². The van der Waals surface area contributed by atoms with E-state index in [4.69, 9.17) is 10.2 Å². The largest absolute Gasteiger partial charge is 0.421 e. The molecule has 16 heteroatoms. The molecule has 13 nitrogen and oxygen atoms in total. The summed E-state index contributed by atoms with van der Waals surface area (Å²) < 4.78 is 46.7. The van der Waals surface area contributed by atoms with Crippen molar-refractivity contribution in [3.63, 3.8) is 0 Å². The van der Waals surface area contributed by atoms with Crippen LogP contribution in [-0.2, 0) is 15.8 Å². The normalized spacial score (nSPS) is 17.1. The van der Waals surface area contributed by atoms with Crippen molar-refractivity contribution in [3.8, 4) is 0 Å². The molecule has 0 radical (unpaired) electrons. The van der Waals surface area contributed by atoms with Gasteiger partial charge in [-0.1, -0.05) is 0 Å². The molecule has 0 spiro atoms. The van der Waals surface area contributed by atoms with E-state index in [9.17, 15) is 22.8 Å². The SMILES string of the molecule is CC(=O)N(CCCNc1nc(Nc2oc(N3CCN(C)CC3)nc2C)ncc1C(F)(F)F)N1CC(C(N)=O)C1. The molecule has 2 aromatic rings. The Morgan fingerprint density at radius 1 is 1.21 bits per heavy atom. The van der Waals surface area contributed by atoms with Gasteiger partial charge in [-0.05, 0) is 20.4 Å². The van der Waals surface area contributed by atoms with Gasteiger partial charge in [-0.2, -0.15) is 23.1 Å². The van der Waals surface area contributed by atoms with Crippen LogP contribution in [0.2, 0.25) is 0 Å². The Morgan fingerprint density at radius 2 is 1.90 bits per heavy atom. The molecule has 2 aliphatic rings. The molecule has 4 heterocycles. The lowest BCUT2D eigenvalue weighted by atomic mass is 10.0. The summed E-state index contributed by atoms with van der Waals surface area (Å²) in [6, 6.07) is 0.424. The maximum atomic E-state index is 13.6. The van der Waals surface area contributed by atoms with E-state index in [1.807, 2.05) is 11.9 Å². The Labute approximate surface area is 223 Å². The maximum absolute atomic E-state index is 13.6. The summed E-state index contributed by atoms with van der Waals surface area (Å²) in [5.74, 6) is -1.23. The number of hydrogen-bond acceptors (Lipinski definition) is 11. The first-order valence-electron chi connectivity index (χ1n) is 12.6. The van der Waals surface area contributed by atoms with Gasteiger partial charge in [0.2, 0.25) is 23.6 Å². The van der Waals surface area contributed by atoms with E-state index >= 15 is 0 Å². The number of hydrogen-bond donors (Lipinski definition) is 3. The van der Waals surface area contributed by atoms with Gasteiger partial charge in [0.1, 0.15) is 17.1 Å². The fraction of sp³-hybridized carbons (Fsp3) is 0.609. The molecule has 0 aromatic carbocycles. The zero-order chi connectivity index (χ0) is 28.3. The lowest BCUT2D eigenvalue weighted by Gasteiger charge is -2.44. The van der Waals surface area contributed by atoms with Gasteiger partial charge in [-0.25, -0.2) is 9.99 Å². The zero-order valence-corrected chi connectivity index (χ0v) is 22.1. The van der Waals surface area contributed by atoms with Crippen LogP contribution in [0.3, 0.4) is 0 Å². The van der Waals surface area contributed by atoms with Gasteiger partial charge in [0, 0.05) is 65.5 Å². The van der Waals surface area contributed by atoms with E-state index in [2.05, 4.69) is 30.5 Å². The monoisotopic (exact) mass is 554 g/mol. The van der Waals surface area contributed by atoms with Crippen molar-refractivity contribution in [1.82, 2.24) is 29.9 Å². The number of amides is 2. The van der Waals surface area contributed by atoms with Crippen molar-refractivity contribution >= 4 is 35.5 Å². The smallest absolute Gasteiger partial charge is 0.407 e. The predicted molar refractivity (Wildman–Crippen MR) is 136 cm³/mol. The lowest BCUT2D eigenvalue weighted by molar-refractivity contribution is -0.165. The van der Waals surface area contributed by atoms with Gasteiger partial charge in [0.15, 0.2) is 0 Å². The summed E-state index contributed by atoms with van der Waals surface area (Å²) in [6.45, 7) is 7.32. The summed E-state index contributed by atoms with van der Waals surface area (Å²) >= 11 is 0. The van der Waals surface area contributed by atoms with Crippen molar-refractivity contribution in [1.29, 1.82) is 0 Å². The second-order valence-corrected chi connectivity index (χ2v) is 9.67. The van der Waals surface area contributed by atoms with Crippen LogP contribution in [0.4, 0.5) is 36.8 Å². The third-order valence-electron chi connectivity index (χ3n) is 6.69. The molecule has 0 unspecified atom stereocenters. The Bertz CT molecular complexity index is 1180. The Balaban J connectivity index is 1.39. The fourth-order valence-electron chi connectivity index (χ4n) is 4.28. The van der Waals surface area contributed by atoms with Crippen LogP contribution in [0.1, 0.15) is 24.6 Å². The molecule has 0 bridgehead atoms. The third-order valence-corrected chi connectivity index (χ3v) is 6.69. The van der Waals surface area contributed by atoms with Crippen LogP contribution in [0.5, 0.6) is 0 Å². The first-order valence-corrected chi connectivity index (χ1v) is 12.6. The fourth-order valence-corrected chi connectivity index (χ4v) is 4.28. The van der Waals surface area contributed by atoms with Crippen molar-refractivity contribution in [3.05, 3.63) is 17.5 Å². The average molecular weight is 555 g/mol. The Morgan fingerprint density at radius 3 is 2.51 bits per heavy atom. The zero-order valence-electron chi connectivity index (χ0n) is 22.1. The molecule has 2 amide bonds. The number of primary amides is 1. The highest BCUT2D eigenvalue weighted by atomic mass is 19.4. The average Bonchev–Trinajstić information content (AvgIpc) is 3.19. The molecule has 39 heavy (non-hydrogen) atoms. The minimum absolute atomic E-state index is 0.0851. The van der Waals surface area contributed by atoms with Crippen LogP contribution in [0.15, 0.2) is 10.6 Å². The number of likely N-dealkylation sites (N-methyl/N-ethyl adjacent to an activating group) is 1. The second-order valence-electron chi connectivity index (χ2n) is 9.67. The highest BCUT2D eigenvalue weighted by Crippen LogP contribution is 2.34. The summed E-state index contributed by atoms with van der Waals surface area (Å²) in [5.41, 5.74) is 4.79. The Hall–Kier alpha value is -3.66. The highest BCUT2D eigenvalue weighted by molar-refractivity contribution is 5.78. The number of alkyl halides is 3. The number of rotatable bonds is 10. The second kappa shape index (κ2) is 11.6. The van der Waals surface area contributed by atoms with E-state index in [1.165, 1.54) is 11.9 Å². The van der Waals surface area contributed by atoms with E-state index < -0.39 is 23.5 Å². The van der Waals surface area contributed by atoms with Gasteiger partial charge in [0.05, 0.1) is 5.92 Å². The molecule has 2 aliphatic heterocycles. The van der Waals surface area contributed by atoms with Gasteiger partial charge >= 0.3 is 6.18 Å². The standard InChI is InChI=1S/C23H33F3N10O3/c1-14-20(39-22(30-14)34-9-7-33(3)8-10-34)32-21-29-11-17(23(24,25)26)19(31-21)28-5-4-6-36(15(2)37)35-12-16(13-35)18(27)38/h11,16H,4-10,12-13H2,1-3H3,(H2,27,38)(H2,28,29,31,32). The van der Waals surface area contributed by atoms with Gasteiger partial charge in [-0.3, -0.25) is 19.9 Å². The van der Waals surface area contributed by atoms with Crippen molar-refractivity contribution in [2.45, 2.75) is 26.4 Å². The molecular weight excluding hydrogens is 521 g/mol. The number of nitrogens with one attached hydrogen (secondary N) is 2. The van der Waals surface area contributed by atoms with E-state index in [0.29, 0.717) is 37.4 Å². The van der Waals surface area contributed by atoms with Crippen molar-refractivity contribution < 1.29 is 27.2 Å². The number of carbonyl (C=O) groups is 2. The van der Waals surface area contributed by atoms with Crippen molar-refractivity contribution in [2.24, 2.45) is 11.7 Å². The molecular formula is C23H33F3N10O3. The first-order chi connectivity index (χ1) is 18.4. The number of nitrogens with zero attached hydrogens (tertiary/aromatic N) is 7. The lowest BCUT2D eigenvalue weighted by Crippen LogP contribution is -2.61. The molecule has 4 N–H and O–H groups in total. The first kappa shape index (κ1) is 28.4. The number of anilines is 4. The number of aromatic nitrogens is 3. The molecule has 2 aromatic heterocycles. The van der Waals surface area contributed by atoms with Gasteiger partial charge in [0.25, 0.3) is 6.01 Å². The molecule has 0 saturated carbocycles. The number of carbonyl (C=O) groups excluding carboxylic acids is 2. The quantitative estimate of drug-likeness (QED) is 0.365. The number of aryl methyl sites for hydroxylation is 1. The van der Waals surface area contributed by atoms with Crippen LogP contribution in [-0.4, -0.2) is 101 Å². The van der Waals surface area contributed by atoms with Gasteiger partial charge < -0.3 is 25.3 Å². The highest BCUT2D eigenvalue weighted by Gasteiger charge is 2.37. The molecule has 0 atom stereocenters. The third kappa shape index (κ3) is 6.86. The van der Waals surface area contributed by atoms with Crippen LogP contribution < -0.4 is 21.3 Å². The van der Waals surface area contributed by atoms with Crippen LogP contribution in [0.25, 0.3) is 0 Å². The number of nitrogens with two attached hydrogens (primary N) is 1. The number of oxazole rings is 1. The molecule has 214 valence electrons. The number of piperazine rings is 1. The number of halogens is 3. The minimum Gasteiger partial charge on any atom is -0.407 e. The summed E-state index contributed by atoms with van der Waals surface area (Å²) in [7, 11) is 2.03. The maximum Gasteiger partial charge on any atom is 0.421 e. The summed E-state index contributed by atoms with van der Waals surface area (Å²) in [4.78, 5) is 39.8. The predicted octanol–water partition coefficient (Wildman–Crippen LogP) is 1.27. The molecule has 0 aliphatic carbocycles. The topological polar surface area (TPSA) is 149 Å². The van der Waals surface area contributed by atoms with Gasteiger partial charge in [-0.15, -0.1) is 0 Å². The molecule has 4 rings (SSSR count). The number of hydrazine groups is 1. The summed E-state index contributed by atoms with van der Waals surface area (Å²) in [5, 5.41) is 8.71. The molecule has 2 saturated heterocycles.